The zero-order valence-electron chi connectivity index (χ0n) is 16.7. The van der Waals surface area contributed by atoms with Crippen molar-refractivity contribution in [2.24, 2.45) is 11.7 Å². The fourth-order valence-corrected chi connectivity index (χ4v) is 3.45. The lowest BCUT2D eigenvalue weighted by Crippen LogP contribution is -2.46. The molecule has 2 aromatic rings. The minimum Gasteiger partial charge on any atom is -0.355 e. The zero-order chi connectivity index (χ0) is 20.6. The molecule has 160 valence electrons. The van der Waals surface area contributed by atoms with Gasteiger partial charge in [-0.2, -0.15) is 0 Å². The number of hydrogen-bond donors (Lipinski definition) is 3. The fourth-order valence-electron chi connectivity index (χ4n) is 3.45. The maximum Gasteiger partial charge on any atom is 0.255 e. The Labute approximate surface area is 182 Å². The molecule has 0 aromatic heterocycles. The highest BCUT2D eigenvalue weighted by molar-refractivity contribution is 6.09. The van der Waals surface area contributed by atoms with Gasteiger partial charge in [0.15, 0.2) is 0 Å². The van der Waals surface area contributed by atoms with Crippen molar-refractivity contribution in [1.29, 1.82) is 0 Å². The molecule has 1 aliphatic heterocycles. The minimum atomic E-state index is -0.275. The topological polar surface area (TPSA) is 105 Å². The molecule has 0 spiro atoms. The van der Waals surface area contributed by atoms with E-state index in [9.17, 15) is 14.4 Å². The van der Waals surface area contributed by atoms with Crippen molar-refractivity contribution >= 4 is 35.8 Å². The van der Waals surface area contributed by atoms with Gasteiger partial charge >= 0.3 is 0 Å². The number of anilines is 1. The van der Waals surface area contributed by atoms with E-state index in [2.05, 4.69) is 10.6 Å². The Morgan fingerprint density at radius 3 is 2.47 bits per heavy atom. The first kappa shape index (κ1) is 23.4. The molecule has 1 saturated heterocycles. The van der Waals surface area contributed by atoms with E-state index in [4.69, 9.17) is 5.73 Å². The number of likely N-dealkylation sites (tertiary alicyclic amines) is 1. The summed E-state index contributed by atoms with van der Waals surface area (Å²) in [6.07, 6.45) is 1.50. The van der Waals surface area contributed by atoms with E-state index >= 15 is 0 Å². The molecule has 0 saturated carbocycles. The molecule has 7 nitrogen and oxygen atoms in total. The van der Waals surface area contributed by atoms with Crippen LogP contribution in [0.5, 0.6) is 0 Å². The Morgan fingerprint density at radius 1 is 1.03 bits per heavy atom. The van der Waals surface area contributed by atoms with Gasteiger partial charge in [-0.1, -0.05) is 30.3 Å². The van der Waals surface area contributed by atoms with Gasteiger partial charge in [0.25, 0.3) is 11.8 Å². The molecule has 1 atom stereocenters. The average Bonchev–Trinajstić information content (AvgIpc) is 2.78. The van der Waals surface area contributed by atoms with Crippen LogP contribution in [0.2, 0.25) is 0 Å². The van der Waals surface area contributed by atoms with Gasteiger partial charge in [0.1, 0.15) is 0 Å². The second-order valence-electron chi connectivity index (χ2n) is 7.04. The van der Waals surface area contributed by atoms with E-state index in [0.717, 1.165) is 12.8 Å². The number of nitrogens with zero attached hydrogens (tertiary/aromatic N) is 1. The van der Waals surface area contributed by atoms with Crippen molar-refractivity contribution in [2.75, 3.05) is 31.5 Å². The Bertz CT molecular complexity index is 876. The predicted octanol–water partition coefficient (Wildman–Crippen LogP) is 2.29. The van der Waals surface area contributed by atoms with E-state index in [1.54, 1.807) is 53.4 Å². The van der Waals surface area contributed by atoms with E-state index in [-0.39, 0.29) is 36.0 Å². The summed E-state index contributed by atoms with van der Waals surface area (Å²) in [4.78, 5) is 39.6. The number of carbonyl (C=O) groups excluding carboxylic acids is 3. The maximum atomic E-state index is 13.1. The lowest BCUT2D eigenvalue weighted by atomic mass is 9.96. The summed E-state index contributed by atoms with van der Waals surface area (Å²) < 4.78 is 0. The Morgan fingerprint density at radius 2 is 1.73 bits per heavy atom. The van der Waals surface area contributed by atoms with Gasteiger partial charge in [-0.25, -0.2) is 0 Å². The van der Waals surface area contributed by atoms with Crippen LogP contribution in [-0.2, 0) is 4.79 Å². The highest BCUT2D eigenvalue weighted by atomic mass is 35.5. The molecule has 1 aliphatic rings. The first-order valence-electron chi connectivity index (χ1n) is 9.82. The van der Waals surface area contributed by atoms with Crippen LogP contribution in [0.3, 0.4) is 0 Å². The Hall–Kier alpha value is -2.90. The zero-order valence-corrected chi connectivity index (χ0v) is 17.5. The smallest absolute Gasteiger partial charge is 0.255 e. The number of para-hydroxylation sites is 1. The summed E-state index contributed by atoms with van der Waals surface area (Å²) in [5.74, 6) is -0.780. The number of nitrogens with one attached hydrogen (secondary N) is 2. The van der Waals surface area contributed by atoms with Gasteiger partial charge in [-0.3, -0.25) is 14.4 Å². The van der Waals surface area contributed by atoms with Crippen molar-refractivity contribution in [1.82, 2.24) is 10.2 Å². The predicted molar refractivity (Wildman–Crippen MR) is 119 cm³/mol. The van der Waals surface area contributed by atoms with Crippen molar-refractivity contribution < 1.29 is 14.4 Å². The van der Waals surface area contributed by atoms with E-state index < -0.39 is 0 Å². The number of rotatable bonds is 6. The van der Waals surface area contributed by atoms with Crippen LogP contribution in [0.15, 0.2) is 54.6 Å². The number of amides is 3. The van der Waals surface area contributed by atoms with E-state index in [0.29, 0.717) is 43.0 Å². The molecule has 4 N–H and O–H groups in total. The molecule has 3 rings (SSSR count). The first-order valence-corrected chi connectivity index (χ1v) is 9.82. The highest BCUT2D eigenvalue weighted by Crippen LogP contribution is 2.23. The van der Waals surface area contributed by atoms with Crippen LogP contribution in [-0.4, -0.2) is 48.8 Å². The molecular weight excluding hydrogens is 404 g/mol. The standard InChI is InChI=1S/C22H26N4O3.ClH/c23-12-13-24-20(27)17-9-6-14-26(15-17)22(29)18-10-4-5-11-19(18)25-21(28)16-7-2-1-3-8-16;/h1-5,7-8,10-11,17H,6,9,12-15,23H2,(H,24,27)(H,25,28);1H. The van der Waals surface area contributed by atoms with Crippen molar-refractivity contribution in [3.05, 3.63) is 65.7 Å². The van der Waals surface area contributed by atoms with E-state index in [1.807, 2.05) is 6.07 Å². The van der Waals surface area contributed by atoms with Gasteiger partial charge in [0.2, 0.25) is 5.91 Å². The van der Waals surface area contributed by atoms with Crippen LogP contribution in [0, 0.1) is 5.92 Å². The Balaban J connectivity index is 0.00000320. The number of piperidine rings is 1. The normalized spacial score (nSPS) is 15.6. The monoisotopic (exact) mass is 430 g/mol. The summed E-state index contributed by atoms with van der Waals surface area (Å²) in [5.41, 5.74) is 6.84. The van der Waals surface area contributed by atoms with Gasteiger partial charge in [-0.15, -0.1) is 12.4 Å². The van der Waals surface area contributed by atoms with Crippen LogP contribution in [0.1, 0.15) is 33.6 Å². The molecule has 8 heteroatoms. The summed E-state index contributed by atoms with van der Waals surface area (Å²) >= 11 is 0. The molecule has 3 amide bonds. The number of benzene rings is 2. The summed E-state index contributed by atoms with van der Waals surface area (Å²) in [7, 11) is 0. The fraction of sp³-hybridized carbons (Fsp3) is 0.318. The van der Waals surface area contributed by atoms with Gasteiger partial charge in [0.05, 0.1) is 17.2 Å². The second-order valence-corrected chi connectivity index (χ2v) is 7.04. The summed E-state index contributed by atoms with van der Waals surface area (Å²) in [6, 6.07) is 15.8. The van der Waals surface area contributed by atoms with Gasteiger partial charge in [0, 0.05) is 31.7 Å². The lowest BCUT2D eigenvalue weighted by Gasteiger charge is -2.32. The molecule has 30 heavy (non-hydrogen) atoms. The molecule has 0 bridgehead atoms. The van der Waals surface area contributed by atoms with E-state index in [1.165, 1.54) is 0 Å². The number of nitrogens with two attached hydrogens (primary N) is 1. The largest absolute Gasteiger partial charge is 0.355 e. The van der Waals surface area contributed by atoms with Crippen LogP contribution in [0.25, 0.3) is 0 Å². The van der Waals surface area contributed by atoms with Gasteiger partial charge < -0.3 is 21.3 Å². The molecular formula is C22H27ClN4O3. The highest BCUT2D eigenvalue weighted by Gasteiger charge is 2.29. The number of halogens is 1. The molecule has 1 heterocycles. The van der Waals surface area contributed by atoms with Crippen LogP contribution < -0.4 is 16.4 Å². The third kappa shape index (κ3) is 5.81. The SMILES string of the molecule is Cl.NCCNC(=O)C1CCCN(C(=O)c2ccccc2NC(=O)c2ccccc2)C1. The minimum absolute atomic E-state index is 0. The lowest BCUT2D eigenvalue weighted by molar-refractivity contribution is -0.126. The van der Waals surface area contributed by atoms with Crippen molar-refractivity contribution in [3.63, 3.8) is 0 Å². The summed E-state index contributed by atoms with van der Waals surface area (Å²) in [6.45, 7) is 1.75. The molecule has 1 unspecified atom stereocenters. The quantitative estimate of drug-likeness (QED) is 0.653. The van der Waals surface area contributed by atoms with Crippen molar-refractivity contribution in [3.8, 4) is 0 Å². The number of hydrogen-bond acceptors (Lipinski definition) is 4. The molecule has 0 aliphatic carbocycles. The molecule has 0 radical (unpaired) electrons. The third-order valence-electron chi connectivity index (χ3n) is 4.96. The maximum absolute atomic E-state index is 13.1. The summed E-state index contributed by atoms with van der Waals surface area (Å²) in [5, 5.41) is 5.63. The molecule has 2 aromatic carbocycles. The van der Waals surface area contributed by atoms with Crippen molar-refractivity contribution in [2.45, 2.75) is 12.8 Å². The number of carbonyl (C=O) groups is 3. The van der Waals surface area contributed by atoms with Crippen LogP contribution in [0.4, 0.5) is 5.69 Å². The average molecular weight is 431 g/mol. The third-order valence-corrected chi connectivity index (χ3v) is 4.96. The van der Waals surface area contributed by atoms with Crippen LogP contribution >= 0.6 is 12.4 Å². The molecule has 1 fully saturated rings. The second kappa shape index (κ2) is 11.3. The van der Waals surface area contributed by atoms with Gasteiger partial charge in [-0.05, 0) is 37.1 Å². The first-order chi connectivity index (χ1) is 14.1. The Kier molecular flexibility index (Phi) is 8.83.